The number of aryl methyl sites for hydroxylation is 1. The summed E-state index contributed by atoms with van der Waals surface area (Å²) < 4.78 is 24.5. The fraction of sp³-hybridized carbons (Fsp3) is 0.500. The first-order chi connectivity index (χ1) is 7.48. The Bertz CT molecular complexity index is 520. The van der Waals surface area contributed by atoms with Gasteiger partial charge >= 0.3 is 0 Å². The lowest BCUT2D eigenvalue weighted by atomic mass is 10.1. The van der Waals surface area contributed by atoms with E-state index in [-0.39, 0.29) is 5.25 Å². The molecule has 1 aliphatic heterocycles. The molecule has 1 aliphatic rings. The number of sulfone groups is 1. The van der Waals surface area contributed by atoms with Crippen molar-refractivity contribution in [3.05, 3.63) is 23.3 Å². The van der Waals surface area contributed by atoms with Crippen LogP contribution < -0.4 is 5.32 Å². The van der Waals surface area contributed by atoms with E-state index >= 15 is 0 Å². The maximum Gasteiger partial charge on any atom is 0.184 e. The molecule has 16 heavy (non-hydrogen) atoms. The fourth-order valence-corrected chi connectivity index (χ4v) is 3.98. The van der Waals surface area contributed by atoms with Crippen LogP contribution in [0.5, 0.6) is 0 Å². The van der Waals surface area contributed by atoms with Gasteiger partial charge in [-0.3, -0.25) is 0 Å². The second-order valence-corrected chi connectivity index (χ2v) is 6.53. The Morgan fingerprint density at radius 2 is 2.06 bits per heavy atom. The lowest BCUT2D eigenvalue weighted by Gasteiger charge is -2.27. The van der Waals surface area contributed by atoms with Crippen LogP contribution in [0.3, 0.4) is 0 Å². The fourth-order valence-electron chi connectivity index (χ4n) is 2.12. The quantitative estimate of drug-likeness (QED) is 0.818. The molecule has 88 valence electrons. The third-order valence-electron chi connectivity index (χ3n) is 3.40. The summed E-state index contributed by atoms with van der Waals surface area (Å²) in [5, 5.41) is 2.96. The van der Waals surface area contributed by atoms with Gasteiger partial charge in [-0.15, -0.1) is 0 Å². The molecule has 0 bridgehead atoms. The molecular formula is C12H17NO2S. The maximum absolute atomic E-state index is 12.3. The van der Waals surface area contributed by atoms with Crippen molar-refractivity contribution in [1.29, 1.82) is 0 Å². The number of fused-ring (bicyclic) bond motifs is 1. The maximum atomic E-state index is 12.3. The van der Waals surface area contributed by atoms with Crippen molar-refractivity contribution in [2.75, 3.05) is 11.9 Å². The number of hydrogen-bond donors (Lipinski definition) is 1. The van der Waals surface area contributed by atoms with E-state index < -0.39 is 9.84 Å². The highest BCUT2D eigenvalue weighted by Gasteiger charge is 2.33. The van der Waals surface area contributed by atoms with Crippen molar-refractivity contribution in [3.63, 3.8) is 0 Å². The van der Waals surface area contributed by atoms with E-state index in [1.807, 2.05) is 26.8 Å². The number of anilines is 1. The Kier molecular flexibility index (Phi) is 2.70. The van der Waals surface area contributed by atoms with Crippen LogP contribution >= 0.6 is 0 Å². The van der Waals surface area contributed by atoms with Crippen molar-refractivity contribution in [3.8, 4) is 0 Å². The molecule has 0 aliphatic carbocycles. The molecule has 4 heteroatoms. The Morgan fingerprint density at radius 3 is 2.69 bits per heavy atom. The first-order valence-corrected chi connectivity index (χ1v) is 7.11. The van der Waals surface area contributed by atoms with Crippen LogP contribution in [0, 0.1) is 13.8 Å². The molecule has 1 aromatic rings. The zero-order valence-corrected chi connectivity index (χ0v) is 10.7. The SMILES string of the molecule is CCC1CNc2c(ccc(C)c2C)S1(=O)=O. The van der Waals surface area contributed by atoms with Crippen molar-refractivity contribution in [2.24, 2.45) is 0 Å². The Labute approximate surface area is 96.8 Å². The summed E-state index contributed by atoms with van der Waals surface area (Å²) in [4.78, 5) is 0.466. The molecule has 0 saturated heterocycles. The minimum atomic E-state index is -3.13. The van der Waals surface area contributed by atoms with Crippen molar-refractivity contribution in [1.82, 2.24) is 0 Å². The molecule has 1 heterocycles. The summed E-state index contributed by atoms with van der Waals surface area (Å²) in [6.07, 6.45) is 0.654. The average Bonchev–Trinajstić information content (AvgIpc) is 2.23. The third kappa shape index (κ3) is 1.52. The van der Waals surface area contributed by atoms with E-state index in [1.165, 1.54) is 0 Å². The van der Waals surface area contributed by atoms with Gasteiger partial charge in [0.05, 0.1) is 15.8 Å². The van der Waals surface area contributed by atoms with Gasteiger partial charge in [0.2, 0.25) is 0 Å². The normalized spacial score (nSPS) is 22.3. The van der Waals surface area contributed by atoms with Crippen LogP contribution in [0.25, 0.3) is 0 Å². The highest BCUT2D eigenvalue weighted by Crippen LogP contribution is 2.34. The van der Waals surface area contributed by atoms with Crippen LogP contribution in [0.4, 0.5) is 5.69 Å². The van der Waals surface area contributed by atoms with Gasteiger partial charge in [-0.25, -0.2) is 8.42 Å². The van der Waals surface area contributed by atoms with Crippen LogP contribution in [0.15, 0.2) is 17.0 Å². The second kappa shape index (κ2) is 3.77. The molecule has 0 aromatic heterocycles. The third-order valence-corrected chi connectivity index (χ3v) is 5.74. The molecule has 0 amide bonds. The topological polar surface area (TPSA) is 46.2 Å². The highest BCUT2D eigenvalue weighted by molar-refractivity contribution is 7.92. The van der Waals surface area contributed by atoms with Crippen LogP contribution in [0.1, 0.15) is 24.5 Å². The molecule has 0 fully saturated rings. The standard InChI is InChI=1S/C12H17NO2S/c1-4-10-7-13-12-9(3)8(2)5-6-11(12)16(10,14)15/h5-6,10,13H,4,7H2,1-3H3. The summed E-state index contributed by atoms with van der Waals surface area (Å²) in [6, 6.07) is 3.60. The summed E-state index contributed by atoms with van der Waals surface area (Å²) in [7, 11) is -3.13. The summed E-state index contributed by atoms with van der Waals surface area (Å²) in [6.45, 7) is 6.39. The minimum Gasteiger partial charge on any atom is -0.382 e. The largest absolute Gasteiger partial charge is 0.382 e. The highest BCUT2D eigenvalue weighted by atomic mass is 32.2. The number of nitrogens with one attached hydrogen (secondary N) is 1. The number of rotatable bonds is 1. The molecule has 1 aromatic carbocycles. The first-order valence-electron chi connectivity index (χ1n) is 5.56. The monoisotopic (exact) mass is 239 g/mol. The van der Waals surface area contributed by atoms with E-state index in [0.29, 0.717) is 17.9 Å². The van der Waals surface area contributed by atoms with Gasteiger partial charge in [-0.05, 0) is 37.5 Å². The average molecular weight is 239 g/mol. The van der Waals surface area contributed by atoms with E-state index in [9.17, 15) is 8.42 Å². The summed E-state index contributed by atoms with van der Waals surface area (Å²) in [5.74, 6) is 0. The van der Waals surface area contributed by atoms with Gasteiger partial charge in [0.1, 0.15) is 0 Å². The summed E-state index contributed by atoms with van der Waals surface area (Å²) in [5.41, 5.74) is 2.96. The molecule has 0 radical (unpaired) electrons. The lowest BCUT2D eigenvalue weighted by Crippen LogP contribution is -2.34. The van der Waals surface area contributed by atoms with Crippen LogP contribution in [0.2, 0.25) is 0 Å². The molecule has 0 saturated carbocycles. The van der Waals surface area contributed by atoms with Gasteiger partial charge < -0.3 is 5.32 Å². The molecule has 1 unspecified atom stereocenters. The Morgan fingerprint density at radius 1 is 1.38 bits per heavy atom. The van der Waals surface area contributed by atoms with E-state index in [4.69, 9.17) is 0 Å². The van der Waals surface area contributed by atoms with E-state index in [1.54, 1.807) is 6.07 Å². The molecular weight excluding hydrogens is 222 g/mol. The molecule has 3 nitrogen and oxygen atoms in total. The number of hydrogen-bond acceptors (Lipinski definition) is 3. The van der Waals surface area contributed by atoms with Crippen LogP contribution in [-0.2, 0) is 9.84 Å². The second-order valence-electron chi connectivity index (χ2n) is 4.34. The van der Waals surface area contributed by atoms with Crippen molar-refractivity contribution in [2.45, 2.75) is 37.3 Å². The van der Waals surface area contributed by atoms with Crippen LogP contribution in [-0.4, -0.2) is 20.2 Å². The van der Waals surface area contributed by atoms with Gasteiger partial charge in [0.25, 0.3) is 0 Å². The zero-order valence-electron chi connectivity index (χ0n) is 9.87. The van der Waals surface area contributed by atoms with E-state index in [0.717, 1.165) is 16.8 Å². The van der Waals surface area contributed by atoms with Gasteiger partial charge in [-0.1, -0.05) is 13.0 Å². The first kappa shape index (κ1) is 11.5. The predicted molar refractivity (Wildman–Crippen MR) is 65.7 cm³/mol. The van der Waals surface area contributed by atoms with Gasteiger partial charge in [0, 0.05) is 6.54 Å². The van der Waals surface area contributed by atoms with Crippen molar-refractivity contribution < 1.29 is 8.42 Å². The smallest absolute Gasteiger partial charge is 0.184 e. The zero-order chi connectivity index (χ0) is 11.9. The molecule has 2 rings (SSSR count). The van der Waals surface area contributed by atoms with Crippen molar-refractivity contribution >= 4 is 15.5 Å². The Hall–Kier alpha value is -1.03. The lowest BCUT2D eigenvalue weighted by molar-refractivity contribution is 0.574. The van der Waals surface area contributed by atoms with E-state index in [2.05, 4.69) is 5.32 Å². The Balaban J connectivity index is 2.66. The number of benzene rings is 1. The van der Waals surface area contributed by atoms with Gasteiger partial charge in [0.15, 0.2) is 9.84 Å². The van der Waals surface area contributed by atoms with Gasteiger partial charge in [-0.2, -0.15) is 0 Å². The molecule has 0 spiro atoms. The minimum absolute atomic E-state index is 0.290. The summed E-state index contributed by atoms with van der Waals surface area (Å²) >= 11 is 0. The predicted octanol–water partition coefficient (Wildman–Crippen LogP) is 2.28. The molecule has 1 N–H and O–H groups in total. The molecule has 1 atom stereocenters.